The Hall–Kier alpha value is -5.15. The van der Waals surface area contributed by atoms with Crippen LogP contribution in [0, 0.1) is 5.92 Å². The summed E-state index contributed by atoms with van der Waals surface area (Å²) in [4.78, 5) is 66.5. The van der Waals surface area contributed by atoms with Gasteiger partial charge in [0.25, 0.3) is 0 Å². The number of nitrogens with one attached hydrogen (secondary N) is 3. The van der Waals surface area contributed by atoms with E-state index in [1.54, 1.807) is 35.2 Å². The Morgan fingerprint density at radius 2 is 1.67 bits per heavy atom. The van der Waals surface area contributed by atoms with Gasteiger partial charge in [0, 0.05) is 41.3 Å². The number of ether oxygens (including phenoxy) is 1. The molecule has 4 aromatic rings. The lowest BCUT2D eigenvalue weighted by molar-refractivity contribution is -0.139. The molecule has 0 saturated carbocycles. The van der Waals surface area contributed by atoms with E-state index in [1.165, 1.54) is 11.8 Å². The topological polar surface area (TPSA) is 161 Å². The van der Waals surface area contributed by atoms with Gasteiger partial charge in [0.1, 0.15) is 35.4 Å². The molecule has 2 aliphatic rings. The van der Waals surface area contributed by atoms with E-state index in [0.29, 0.717) is 59.5 Å². The summed E-state index contributed by atoms with van der Waals surface area (Å²) in [5.41, 5.74) is 2.37. The van der Waals surface area contributed by atoms with Gasteiger partial charge in [-0.1, -0.05) is 55.2 Å². The van der Waals surface area contributed by atoms with Gasteiger partial charge in [-0.15, -0.1) is 0 Å². The van der Waals surface area contributed by atoms with Gasteiger partial charge >= 0.3 is 6.03 Å². The smallest absolute Gasteiger partial charge is 0.319 e. The summed E-state index contributed by atoms with van der Waals surface area (Å²) in [7, 11) is 5.96. The van der Waals surface area contributed by atoms with Crippen LogP contribution in [-0.4, -0.2) is 111 Å². The highest BCUT2D eigenvalue weighted by atomic mass is 35.5. The fourth-order valence-corrected chi connectivity index (χ4v) is 8.08. The third kappa shape index (κ3) is 10.4. The van der Waals surface area contributed by atoms with Gasteiger partial charge in [-0.05, 0) is 100 Å². The molecule has 4 atom stereocenters. The third-order valence-corrected chi connectivity index (χ3v) is 11.6. The first-order valence-electron chi connectivity index (χ1n) is 20.1. The molecule has 16 heteroatoms. The van der Waals surface area contributed by atoms with Gasteiger partial charge in [-0.3, -0.25) is 14.4 Å². The Bertz CT molecular complexity index is 2180. The summed E-state index contributed by atoms with van der Waals surface area (Å²) >= 11 is 12.6. The van der Waals surface area contributed by atoms with Crippen molar-refractivity contribution in [1.82, 2.24) is 40.2 Å². The average Bonchev–Trinajstić information content (AvgIpc) is 3.57. The number of benzene rings is 3. The predicted octanol–water partition coefficient (Wildman–Crippen LogP) is 5.38. The SMILES string of the molecule is CC(C)[C@@H]1NC(=O)N(Cc2ccc(Cl)cc2Oc2ccc(-c3cnc(CN(C)C)n3C)cc2)[C@@H](C)C(=O)N[C@@H](CO)C(=O)N[C@@]2(Cc3ccc(Cl)cc3)CCCN(C2)C1=O. The van der Waals surface area contributed by atoms with E-state index in [1.807, 2.05) is 82.2 Å². The largest absolute Gasteiger partial charge is 0.457 e. The van der Waals surface area contributed by atoms with E-state index >= 15 is 0 Å². The Labute approximate surface area is 361 Å². The summed E-state index contributed by atoms with van der Waals surface area (Å²) < 4.78 is 8.42. The maximum Gasteiger partial charge on any atom is 0.319 e. The van der Waals surface area contributed by atoms with Gasteiger partial charge in [-0.2, -0.15) is 0 Å². The number of halogens is 2. The summed E-state index contributed by atoms with van der Waals surface area (Å²) in [5, 5.41) is 20.1. The number of carbonyl (C=O) groups is 4. The second kappa shape index (κ2) is 19.1. The van der Waals surface area contributed by atoms with Crippen molar-refractivity contribution < 1.29 is 29.0 Å². The molecule has 0 spiro atoms. The van der Waals surface area contributed by atoms with Gasteiger partial charge < -0.3 is 45.1 Å². The fourth-order valence-electron chi connectivity index (χ4n) is 7.79. The lowest BCUT2D eigenvalue weighted by Crippen LogP contribution is -2.67. The van der Waals surface area contributed by atoms with E-state index in [2.05, 4.69) is 25.8 Å². The maximum absolute atomic E-state index is 14.5. The number of aromatic nitrogens is 2. The molecule has 4 N–H and O–H groups in total. The molecule has 0 aliphatic carbocycles. The number of aliphatic hydroxyl groups excluding tert-OH is 1. The maximum atomic E-state index is 14.5. The third-order valence-electron chi connectivity index (χ3n) is 11.2. The van der Waals surface area contributed by atoms with Crippen LogP contribution in [0.2, 0.25) is 10.0 Å². The minimum Gasteiger partial charge on any atom is -0.457 e. The molecule has 320 valence electrons. The molecule has 0 radical (unpaired) electrons. The van der Waals surface area contributed by atoms with Crippen LogP contribution in [0.3, 0.4) is 0 Å². The molecular weight excluding hydrogens is 807 g/mol. The molecule has 60 heavy (non-hydrogen) atoms. The highest BCUT2D eigenvalue weighted by Crippen LogP contribution is 2.33. The van der Waals surface area contributed by atoms with Crippen LogP contribution in [0.4, 0.5) is 4.79 Å². The number of fused-ring (bicyclic) bond motifs is 2. The van der Waals surface area contributed by atoms with Crippen LogP contribution in [-0.2, 0) is 40.9 Å². The molecule has 2 bridgehead atoms. The van der Waals surface area contributed by atoms with Crippen molar-refractivity contribution in [3.05, 3.63) is 99.9 Å². The van der Waals surface area contributed by atoms with E-state index in [-0.39, 0.29) is 24.9 Å². The Morgan fingerprint density at radius 3 is 2.33 bits per heavy atom. The lowest BCUT2D eigenvalue weighted by atomic mass is 9.82. The molecule has 2 aliphatic heterocycles. The molecule has 2 saturated heterocycles. The Balaban J connectivity index is 1.29. The summed E-state index contributed by atoms with van der Waals surface area (Å²) in [6.07, 6.45) is 3.31. The van der Waals surface area contributed by atoms with Crippen LogP contribution in [0.25, 0.3) is 11.3 Å². The van der Waals surface area contributed by atoms with E-state index in [9.17, 15) is 24.3 Å². The van der Waals surface area contributed by atoms with Crippen molar-refractivity contribution >= 4 is 47.0 Å². The first kappa shape index (κ1) is 44.4. The molecule has 6 rings (SSSR count). The van der Waals surface area contributed by atoms with Crippen molar-refractivity contribution in [2.45, 2.75) is 76.8 Å². The predicted molar refractivity (Wildman–Crippen MR) is 231 cm³/mol. The molecule has 2 fully saturated rings. The average molecular weight is 862 g/mol. The number of imidazole rings is 1. The van der Waals surface area contributed by atoms with Crippen LogP contribution in [0.15, 0.2) is 72.9 Å². The van der Waals surface area contributed by atoms with Crippen LogP contribution < -0.4 is 20.7 Å². The van der Waals surface area contributed by atoms with Gasteiger partial charge in [0.15, 0.2) is 0 Å². The van der Waals surface area contributed by atoms with E-state index in [0.717, 1.165) is 22.6 Å². The summed E-state index contributed by atoms with van der Waals surface area (Å²) in [6.45, 7) is 5.64. The number of rotatable bonds is 11. The van der Waals surface area contributed by atoms with Crippen molar-refractivity contribution in [3.8, 4) is 22.8 Å². The van der Waals surface area contributed by atoms with Gasteiger partial charge in [0.05, 0.1) is 37.1 Å². The van der Waals surface area contributed by atoms with Crippen molar-refractivity contribution in [2.75, 3.05) is 33.8 Å². The number of amides is 5. The first-order valence-corrected chi connectivity index (χ1v) is 20.9. The van der Waals surface area contributed by atoms with Crippen molar-refractivity contribution in [2.24, 2.45) is 13.0 Å². The fraction of sp³-hybridized carbons (Fsp3) is 0.432. The minimum absolute atomic E-state index is 0.141. The van der Waals surface area contributed by atoms with Crippen molar-refractivity contribution in [3.63, 3.8) is 0 Å². The number of urea groups is 1. The second-order valence-electron chi connectivity index (χ2n) is 16.4. The number of carbonyl (C=O) groups excluding carboxylic acids is 4. The van der Waals surface area contributed by atoms with Crippen LogP contribution in [0.5, 0.6) is 11.5 Å². The quantitative estimate of drug-likeness (QED) is 0.156. The molecule has 1 aromatic heterocycles. The Morgan fingerprint density at radius 1 is 0.967 bits per heavy atom. The standard InChI is InChI=1S/C44H54Cl2N8O6/c1-27(2)39-42(58)53-19-7-18-44(26-53,21-29-8-13-32(45)14-9-29)50-41(57)35(25-55)48-40(56)28(3)54(43(59)49-39)23-31-10-15-33(46)20-37(31)60-34-16-11-30(12-17-34)36-22-47-38(52(36)6)24-51(4)5/h8-17,20,22,27-28,35,39,55H,7,18-19,21,23-26H2,1-6H3,(H,48,56)(H,49,59)(H,50,57)/t28-,35-,39-,44+/m0/s1. The Kier molecular flexibility index (Phi) is 14.1. The minimum atomic E-state index is -1.34. The number of hydrogen-bond acceptors (Lipinski definition) is 8. The molecule has 5 amide bonds. The number of nitrogens with zero attached hydrogens (tertiary/aromatic N) is 5. The molecule has 0 unspecified atom stereocenters. The number of hydrogen-bond donors (Lipinski definition) is 4. The lowest BCUT2D eigenvalue weighted by Gasteiger charge is -2.45. The molecule has 3 aromatic carbocycles. The van der Waals surface area contributed by atoms with Gasteiger partial charge in [0.2, 0.25) is 17.7 Å². The molecular formula is C44H54Cl2N8O6. The monoisotopic (exact) mass is 860 g/mol. The molecule has 3 heterocycles. The van der Waals surface area contributed by atoms with Gasteiger partial charge in [-0.25, -0.2) is 9.78 Å². The van der Waals surface area contributed by atoms with Crippen LogP contribution >= 0.6 is 23.2 Å². The zero-order chi connectivity index (χ0) is 43.3. The highest BCUT2D eigenvalue weighted by Gasteiger charge is 2.43. The summed E-state index contributed by atoms with van der Waals surface area (Å²) in [5.74, 6) is -0.146. The zero-order valence-electron chi connectivity index (χ0n) is 34.9. The zero-order valence-corrected chi connectivity index (χ0v) is 36.4. The van der Waals surface area contributed by atoms with Crippen molar-refractivity contribution in [1.29, 1.82) is 0 Å². The highest BCUT2D eigenvalue weighted by molar-refractivity contribution is 6.31. The normalized spacial score (nSPS) is 21.8. The summed E-state index contributed by atoms with van der Waals surface area (Å²) in [6, 6.07) is 15.6. The van der Waals surface area contributed by atoms with E-state index < -0.39 is 48.1 Å². The van der Waals surface area contributed by atoms with Crippen LogP contribution in [0.1, 0.15) is 50.6 Å². The first-order chi connectivity index (χ1) is 28.6. The second-order valence-corrected chi connectivity index (χ2v) is 17.3. The van der Waals surface area contributed by atoms with E-state index in [4.69, 9.17) is 27.9 Å². The number of aliphatic hydroxyl groups is 1. The molecule has 14 nitrogen and oxygen atoms in total. The number of piperidine rings is 1.